The van der Waals surface area contributed by atoms with Crippen LogP contribution >= 0.6 is 0 Å². The third kappa shape index (κ3) is 4.38. The van der Waals surface area contributed by atoms with Crippen LogP contribution in [-0.2, 0) is 29.4 Å². The quantitative estimate of drug-likeness (QED) is 0.816. The first-order valence-electron chi connectivity index (χ1n) is 9.10. The molecule has 0 atom stereocenters. The molecule has 130 valence electrons. The van der Waals surface area contributed by atoms with Gasteiger partial charge in [-0.05, 0) is 55.8 Å². The number of allylic oxidation sites excluding steroid dienone is 3. The SMILES string of the molecule is Cn1cc(CCCC(=O)OCC2CCNCC2)c2c1CC=CC=C2. The normalized spacial score (nSPS) is 17.5. The highest BCUT2D eigenvalue weighted by Crippen LogP contribution is 2.23. The Labute approximate surface area is 144 Å². The van der Waals surface area contributed by atoms with Gasteiger partial charge in [0.15, 0.2) is 0 Å². The van der Waals surface area contributed by atoms with Crippen molar-refractivity contribution >= 4 is 12.0 Å². The predicted octanol–water partition coefficient (Wildman–Crippen LogP) is 3.02. The molecule has 1 aromatic heterocycles. The van der Waals surface area contributed by atoms with Gasteiger partial charge < -0.3 is 14.6 Å². The molecule has 3 rings (SSSR count). The van der Waals surface area contributed by atoms with E-state index in [1.165, 1.54) is 16.8 Å². The third-order valence-corrected chi connectivity index (χ3v) is 5.02. The van der Waals surface area contributed by atoms with E-state index >= 15 is 0 Å². The highest BCUT2D eigenvalue weighted by atomic mass is 16.5. The van der Waals surface area contributed by atoms with E-state index in [9.17, 15) is 4.79 Å². The molecule has 1 N–H and O–H groups in total. The molecule has 0 spiro atoms. The number of nitrogens with one attached hydrogen (secondary N) is 1. The molecular weight excluding hydrogens is 300 g/mol. The van der Waals surface area contributed by atoms with E-state index in [1.54, 1.807) is 0 Å². The maximum atomic E-state index is 12.0. The average molecular weight is 328 g/mol. The Kier molecular flexibility index (Phi) is 5.91. The Balaban J connectivity index is 1.44. The Morgan fingerprint density at radius 1 is 1.33 bits per heavy atom. The van der Waals surface area contributed by atoms with Gasteiger partial charge in [-0.3, -0.25) is 4.79 Å². The van der Waals surface area contributed by atoms with Gasteiger partial charge in [-0.2, -0.15) is 0 Å². The fourth-order valence-corrected chi connectivity index (χ4v) is 3.58. The molecule has 0 bridgehead atoms. The highest BCUT2D eigenvalue weighted by molar-refractivity contribution is 5.69. The van der Waals surface area contributed by atoms with Crippen LogP contribution in [0.4, 0.5) is 0 Å². The molecule has 2 aliphatic rings. The molecule has 0 saturated carbocycles. The van der Waals surface area contributed by atoms with Gasteiger partial charge in [0.2, 0.25) is 0 Å². The molecular formula is C20H28N2O2. The van der Waals surface area contributed by atoms with E-state index in [1.807, 2.05) is 0 Å². The molecule has 1 aliphatic carbocycles. The first-order chi connectivity index (χ1) is 11.7. The van der Waals surface area contributed by atoms with Crippen LogP contribution in [-0.4, -0.2) is 30.2 Å². The summed E-state index contributed by atoms with van der Waals surface area (Å²) in [6.45, 7) is 2.68. The molecule has 4 nitrogen and oxygen atoms in total. The molecule has 0 unspecified atom stereocenters. The number of aryl methyl sites for hydroxylation is 2. The van der Waals surface area contributed by atoms with Crippen molar-refractivity contribution < 1.29 is 9.53 Å². The first kappa shape index (κ1) is 17.0. The molecule has 1 aromatic rings. The fraction of sp³-hybridized carbons (Fsp3) is 0.550. The van der Waals surface area contributed by atoms with Crippen LogP contribution in [0.3, 0.4) is 0 Å². The summed E-state index contributed by atoms with van der Waals surface area (Å²) in [4.78, 5) is 12.0. The van der Waals surface area contributed by atoms with Gasteiger partial charge >= 0.3 is 5.97 Å². The molecule has 2 heterocycles. The predicted molar refractivity (Wildman–Crippen MR) is 96.8 cm³/mol. The van der Waals surface area contributed by atoms with Crippen molar-refractivity contribution in [1.82, 2.24) is 9.88 Å². The van der Waals surface area contributed by atoms with Gasteiger partial charge in [0.1, 0.15) is 0 Å². The van der Waals surface area contributed by atoms with Crippen LogP contribution in [0, 0.1) is 5.92 Å². The van der Waals surface area contributed by atoms with Gasteiger partial charge in [-0.25, -0.2) is 0 Å². The Morgan fingerprint density at radius 3 is 3.00 bits per heavy atom. The monoisotopic (exact) mass is 328 g/mol. The summed E-state index contributed by atoms with van der Waals surface area (Å²) in [6, 6.07) is 0. The van der Waals surface area contributed by atoms with E-state index in [0.29, 0.717) is 18.9 Å². The second kappa shape index (κ2) is 8.34. The van der Waals surface area contributed by atoms with Gasteiger partial charge in [0.25, 0.3) is 0 Å². The van der Waals surface area contributed by atoms with Gasteiger partial charge in [-0.1, -0.05) is 24.3 Å². The van der Waals surface area contributed by atoms with Gasteiger partial charge in [0.05, 0.1) is 6.61 Å². The van der Waals surface area contributed by atoms with Crippen LogP contribution in [0.15, 0.2) is 24.4 Å². The summed E-state index contributed by atoms with van der Waals surface area (Å²) in [5.74, 6) is 0.491. The van der Waals surface area contributed by atoms with E-state index in [0.717, 1.165) is 45.2 Å². The lowest BCUT2D eigenvalue weighted by Crippen LogP contribution is -2.30. The van der Waals surface area contributed by atoms with E-state index in [4.69, 9.17) is 4.74 Å². The Morgan fingerprint density at radius 2 is 2.17 bits per heavy atom. The summed E-state index contributed by atoms with van der Waals surface area (Å²) >= 11 is 0. The standard InChI is InChI=1S/C20H28N2O2/c1-22-14-17(18-7-3-2-4-8-19(18)22)6-5-9-20(23)24-15-16-10-12-21-13-11-16/h2-4,7,14,16,21H,5-6,8-13,15H2,1H3. The summed E-state index contributed by atoms with van der Waals surface area (Å²) < 4.78 is 7.67. The number of esters is 1. The number of carbonyl (C=O) groups excluding carboxylic acids is 1. The minimum absolute atomic E-state index is 0.0484. The van der Waals surface area contributed by atoms with Crippen LogP contribution in [0.25, 0.3) is 6.08 Å². The highest BCUT2D eigenvalue weighted by Gasteiger charge is 2.16. The molecule has 1 saturated heterocycles. The number of rotatable bonds is 6. The van der Waals surface area contributed by atoms with Crippen molar-refractivity contribution in [1.29, 1.82) is 0 Å². The number of aromatic nitrogens is 1. The van der Waals surface area contributed by atoms with Crippen LogP contribution in [0.1, 0.15) is 42.5 Å². The minimum atomic E-state index is -0.0484. The zero-order valence-corrected chi connectivity index (χ0v) is 14.6. The smallest absolute Gasteiger partial charge is 0.305 e. The van der Waals surface area contributed by atoms with E-state index < -0.39 is 0 Å². The van der Waals surface area contributed by atoms with Crippen molar-refractivity contribution in [3.05, 3.63) is 41.2 Å². The lowest BCUT2D eigenvalue weighted by Gasteiger charge is -2.22. The minimum Gasteiger partial charge on any atom is -0.465 e. The average Bonchev–Trinajstić information content (AvgIpc) is 2.78. The molecule has 24 heavy (non-hydrogen) atoms. The summed E-state index contributed by atoms with van der Waals surface area (Å²) in [6.07, 6.45) is 16.3. The second-order valence-electron chi connectivity index (χ2n) is 6.85. The van der Waals surface area contributed by atoms with Crippen LogP contribution in [0.5, 0.6) is 0 Å². The van der Waals surface area contributed by atoms with Crippen molar-refractivity contribution in [3.8, 4) is 0 Å². The van der Waals surface area contributed by atoms with Gasteiger partial charge in [0, 0.05) is 31.8 Å². The van der Waals surface area contributed by atoms with Crippen molar-refractivity contribution in [2.75, 3.05) is 19.7 Å². The lowest BCUT2D eigenvalue weighted by molar-refractivity contribution is -0.145. The number of carbonyl (C=O) groups is 1. The molecule has 1 fully saturated rings. The molecule has 0 radical (unpaired) electrons. The van der Waals surface area contributed by atoms with Gasteiger partial charge in [-0.15, -0.1) is 0 Å². The van der Waals surface area contributed by atoms with Crippen molar-refractivity contribution in [2.45, 2.75) is 38.5 Å². The Hall–Kier alpha value is -1.81. The maximum absolute atomic E-state index is 12.0. The third-order valence-electron chi connectivity index (χ3n) is 5.02. The Bertz CT molecular complexity index is 622. The number of nitrogens with zero attached hydrogens (tertiary/aromatic N) is 1. The molecule has 0 amide bonds. The number of fused-ring (bicyclic) bond motifs is 1. The van der Waals surface area contributed by atoms with Crippen LogP contribution < -0.4 is 5.32 Å². The number of hydrogen-bond donors (Lipinski definition) is 1. The zero-order valence-electron chi connectivity index (χ0n) is 14.6. The molecule has 4 heteroatoms. The van der Waals surface area contributed by atoms with Crippen LogP contribution in [0.2, 0.25) is 0 Å². The maximum Gasteiger partial charge on any atom is 0.305 e. The number of hydrogen-bond acceptors (Lipinski definition) is 3. The van der Waals surface area contributed by atoms with E-state index in [-0.39, 0.29) is 5.97 Å². The summed E-state index contributed by atoms with van der Waals surface area (Å²) in [5, 5.41) is 3.33. The topological polar surface area (TPSA) is 43.3 Å². The van der Waals surface area contributed by atoms with Crippen molar-refractivity contribution in [2.24, 2.45) is 13.0 Å². The van der Waals surface area contributed by atoms with E-state index in [2.05, 4.69) is 47.4 Å². The number of piperidine rings is 1. The van der Waals surface area contributed by atoms with Crippen molar-refractivity contribution in [3.63, 3.8) is 0 Å². The summed E-state index contributed by atoms with van der Waals surface area (Å²) in [7, 11) is 2.10. The molecule has 1 aliphatic heterocycles. The second-order valence-corrected chi connectivity index (χ2v) is 6.85. The first-order valence-corrected chi connectivity index (χ1v) is 9.10. The fourth-order valence-electron chi connectivity index (χ4n) is 3.58. The largest absolute Gasteiger partial charge is 0.465 e. The lowest BCUT2D eigenvalue weighted by atomic mass is 9.99. The number of ether oxygens (including phenoxy) is 1. The molecule has 0 aromatic carbocycles. The zero-order chi connectivity index (χ0) is 16.8. The summed E-state index contributed by atoms with van der Waals surface area (Å²) in [5.41, 5.74) is 4.01.